The van der Waals surface area contributed by atoms with Crippen LogP contribution in [0.1, 0.15) is 129 Å². The third kappa shape index (κ3) is 17.3. The first-order chi connectivity index (χ1) is 45.5. The van der Waals surface area contributed by atoms with Crippen molar-refractivity contribution in [2.75, 3.05) is 49.5 Å². The third-order valence-electron chi connectivity index (χ3n) is 17.5. The molecule has 30 nitrogen and oxygen atoms in total. The van der Waals surface area contributed by atoms with Gasteiger partial charge < -0.3 is 88.3 Å². The lowest BCUT2D eigenvalue weighted by Gasteiger charge is -2.33. The molecule has 0 fully saturated rings. The maximum absolute atomic E-state index is 14.2. The SMILES string of the molecule is CC1(C)C(/C=C2/C(=O)C(/C=C3\N(CCCCCC(=O)NCCCC[C@H](NC(=O)N[C@@H](CNc4c(O)c(=O)c4=O)C(=O)O)C(=O)O)c4ccccc4C3(C)C)=C2[O-])=[N+](CCCCCC(=O)NCCCC[C@H](NC(=O)N[C@@H](CNC2=C(O)C(O)C2=O)C(=O)O)C(=O)O)c2ccccc21. The molecule has 0 spiro atoms. The molecule has 3 aromatic rings. The standard InChI is InChI=1S/C66H82N10O20/c1-65(2)37-19-9-11-23-43(37)75(29-17-5-7-25-47(77)67-27-15-13-21-39(59(87)88)71-63(95)73-41(61(91)92)33-69-49-53(81)57(85)54(49)82)45(65)31-35-51(79)36(52(35)80)32-46-66(3,4)38-20-10-12-24-44(38)76(46)30-18-6-8-26-48(78)68-28-16-14-22-40(60(89)90)72-64(96)74-42(62(93)94)34-70-50-55(83)58(86)56(50)84/h9-12,19-20,23-24,31-32,39-42,57,85H,5-8,13-18,21-22,25-30,33-34H2,1-4H3,(H14,67,68,69,70,71,72,73,74,77,78,79,80,81,82,83,84,86,87,88,89,90,91,92,93,94,95,96)/b46-32-/t39-,40-,41-,42-/m0/s1. The van der Waals surface area contributed by atoms with Crippen molar-refractivity contribution in [3.63, 3.8) is 0 Å². The molecule has 0 bridgehead atoms. The normalized spacial score (nSPS) is 18.0. The molecule has 3 aromatic carbocycles. The summed E-state index contributed by atoms with van der Waals surface area (Å²) in [6.07, 6.45) is 7.11. The predicted octanol–water partition coefficient (Wildman–Crippen LogP) is 1.69. The van der Waals surface area contributed by atoms with Gasteiger partial charge in [0, 0.05) is 97.6 Å². The van der Waals surface area contributed by atoms with Gasteiger partial charge in [-0.25, -0.2) is 28.8 Å². The molecule has 6 amide bonds. The molecule has 2 heterocycles. The van der Waals surface area contributed by atoms with E-state index in [-0.39, 0.29) is 86.1 Å². The van der Waals surface area contributed by atoms with Gasteiger partial charge in [0.25, 0.3) is 10.9 Å². The summed E-state index contributed by atoms with van der Waals surface area (Å²) in [5.41, 5.74) is 1.41. The molecule has 30 heteroatoms. The molecule has 0 saturated heterocycles. The number of urea groups is 2. The fourth-order valence-corrected chi connectivity index (χ4v) is 11.9. The van der Waals surface area contributed by atoms with Crippen LogP contribution >= 0.6 is 0 Å². The van der Waals surface area contributed by atoms with E-state index in [9.17, 15) is 98.4 Å². The Morgan fingerprint density at radius 2 is 1.11 bits per heavy atom. The van der Waals surface area contributed by atoms with Crippen LogP contribution in [0.2, 0.25) is 0 Å². The number of carbonyl (C=O) groups excluding carboxylic acids is 6. The van der Waals surface area contributed by atoms with Crippen LogP contribution in [0.15, 0.2) is 104 Å². The number of para-hydroxylation sites is 2. The number of fused-ring (bicyclic) bond motifs is 2. The zero-order valence-electron chi connectivity index (χ0n) is 53.6. The number of hydrogen-bond acceptors (Lipinski definition) is 19. The first-order valence-corrected chi connectivity index (χ1v) is 31.7. The molecule has 15 N–H and O–H groups in total. The maximum Gasteiger partial charge on any atom is 0.328 e. The van der Waals surface area contributed by atoms with Gasteiger partial charge in [-0.3, -0.25) is 28.8 Å². The topological polar surface area (TPSA) is 472 Å². The minimum atomic E-state index is -1.72. The van der Waals surface area contributed by atoms with E-state index in [4.69, 9.17) is 0 Å². The van der Waals surface area contributed by atoms with Crippen molar-refractivity contribution < 1.29 is 93.4 Å². The van der Waals surface area contributed by atoms with Crippen molar-refractivity contribution in [2.45, 2.75) is 159 Å². The number of carboxylic acid groups (broad SMARTS) is 4. The number of allylic oxidation sites excluding steroid dienone is 5. The van der Waals surface area contributed by atoms with Gasteiger partial charge in [0.2, 0.25) is 23.3 Å². The van der Waals surface area contributed by atoms with Crippen molar-refractivity contribution in [3.8, 4) is 5.75 Å². The van der Waals surface area contributed by atoms with Gasteiger partial charge in [0.1, 0.15) is 42.1 Å². The molecule has 2 aliphatic heterocycles. The lowest BCUT2D eigenvalue weighted by Crippen LogP contribution is -2.55. The fourth-order valence-electron chi connectivity index (χ4n) is 11.9. The highest BCUT2D eigenvalue weighted by atomic mass is 16.4. The molecule has 0 radical (unpaired) electrons. The van der Waals surface area contributed by atoms with Crippen molar-refractivity contribution in [3.05, 3.63) is 126 Å². The van der Waals surface area contributed by atoms with Crippen LogP contribution in [0, 0.1) is 0 Å². The fraction of sp³-hybridized carbons (Fsp3) is 0.470. The van der Waals surface area contributed by atoms with Crippen LogP contribution in [0.4, 0.5) is 26.7 Å². The van der Waals surface area contributed by atoms with Crippen LogP contribution in [0.5, 0.6) is 5.75 Å². The zero-order chi connectivity index (χ0) is 70.3. The van der Waals surface area contributed by atoms with Crippen molar-refractivity contribution in [1.29, 1.82) is 0 Å². The number of carbonyl (C=O) groups is 10. The second-order valence-corrected chi connectivity index (χ2v) is 24.9. The van der Waals surface area contributed by atoms with Gasteiger partial charge in [-0.2, -0.15) is 4.58 Å². The molecule has 0 aromatic heterocycles. The molecule has 1 unspecified atom stereocenters. The minimum absolute atomic E-state index is 0.0413. The van der Waals surface area contributed by atoms with Crippen LogP contribution in [0.3, 0.4) is 0 Å². The number of Topliss-reactive ketones (excluding diaryl/α,β-unsaturated/α-hetero) is 2. The number of anilines is 2. The summed E-state index contributed by atoms with van der Waals surface area (Å²) >= 11 is 0. The van der Waals surface area contributed by atoms with E-state index >= 15 is 0 Å². The number of hydrogen-bond donors (Lipinski definition) is 15. The van der Waals surface area contributed by atoms with E-state index in [1.807, 2.05) is 76.2 Å². The number of carboxylic acids is 4. The number of rotatable bonds is 38. The Balaban J connectivity index is 0.854. The smallest absolute Gasteiger partial charge is 0.328 e. The number of unbranched alkanes of at least 4 members (excludes halogenated alkanes) is 6. The number of aliphatic hydroxyl groups excluding tert-OH is 2. The second-order valence-electron chi connectivity index (χ2n) is 24.9. The Bertz CT molecular complexity index is 3780. The van der Waals surface area contributed by atoms with Crippen molar-refractivity contribution in [1.82, 2.24) is 37.2 Å². The lowest BCUT2D eigenvalue weighted by atomic mass is 9.77. The average Bonchev–Trinajstić information content (AvgIpc) is 1.57. The molecule has 7 rings (SSSR count). The number of aliphatic hydroxyl groups is 2. The predicted molar refractivity (Wildman–Crippen MR) is 344 cm³/mol. The van der Waals surface area contributed by atoms with Gasteiger partial charge in [-0.05, 0) is 95.8 Å². The van der Waals surface area contributed by atoms with Crippen LogP contribution < -0.4 is 63.4 Å². The summed E-state index contributed by atoms with van der Waals surface area (Å²) in [6, 6.07) is 7.44. The number of aromatic hydroxyl groups is 1. The quantitative estimate of drug-likeness (QED) is 0.0168. The van der Waals surface area contributed by atoms with Crippen LogP contribution in [-0.2, 0) is 49.2 Å². The third-order valence-corrected chi connectivity index (χ3v) is 17.5. The largest absolute Gasteiger partial charge is 0.871 e. The Morgan fingerprint density at radius 3 is 1.65 bits per heavy atom. The van der Waals surface area contributed by atoms with Gasteiger partial charge in [-0.15, -0.1) is 0 Å². The zero-order valence-corrected chi connectivity index (χ0v) is 53.6. The van der Waals surface area contributed by atoms with E-state index in [0.717, 1.165) is 33.9 Å². The highest BCUT2D eigenvalue weighted by molar-refractivity contribution is 6.24. The Hall–Kier alpha value is -10.4. The van der Waals surface area contributed by atoms with E-state index in [1.165, 1.54) is 0 Å². The van der Waals surface area contributed by atoms with Gasteiger partial charge in [-0.1, -0.05) is 62.4 Å². The molecule has 516 valence electrons. The summed E-state index contributed by atoms with van der Waals surface area (Å²) < 4.78 is 2.13. The molecular weight excluding hydrogens is 1250 g/mol. The number of amides is 6. The van der Waals surface area contributed by atoms with Crippen LogP contribution in [0.25, 0.3) is 0 Å². The molecule has 0 saturated carbocycles. The molecule has 4 aliphatic rings. The average molecular weight is 1340 g/mol. The summed E-state index contributed by atoms with van der Waals surface area (Å²) in [5.74, 6) is -9.37. The van der Waals surface area contributed by atoms with Gasteiger partial charge >= 0.3 is 35.9 Å². The Morgan fingerprint density at radius 1 is 0.604 bits per heavy atom. The Kier molecular flexibility index (Phi) is 24.5. The summed E-state index contributed by atoms with van der Waals surface area (Å²) in [4.78, 5) is 149. The lowest BCUT2D eigenvalue weighted by molar-refractivity contribution is -0.438. The molecule has 2 aliphatic carbocycles. The van der Waals surface area contributed by atoms with Crippen molar-refractivity contribution in [2.24, 2.45) is 0 Å². The number of benzene rings is 2. The Labute approximate surface area is 551 Å². The number of ketones is 2. The summed E-state index contributed by atoms with van der Waals surface area (Å²) in [7, 11) is 0. The van der Waals surface area contributed by atoms with Gasteiger partial charge in [0.05, 0.1) is 5.41 Å². The highest BCUT2D eigenvalue weighted by Crippen LogP contribution is 2.49. The first kappa shape index (κ1) is 73.0. The van der Waals surface area contributed by atoms with E-state index < -0.39 is 130 Å². The number of nitrogens with one attached hydrogen (secondary N) is 8. The molecule has 5 atom stereocenters. The monoisotopic (exact) mass is 1330 g/mol. The van der Waals surface area contributed by atoms with E-state index in [2.05, 4.69) is 52.0 Å². The van der Waals surface area contributed by atoms with Gasteiger partial charge in [0.15, 0.2) is 29.1 Å². The summed E-state index contributed by atoms with van der Waals surface area (Å²) in [6.45, 7) is 8.55. The van der Waals surface area contributed by atoms with Crippen molar-refractivity contribution >= 4 is 82.1 Å². The molecular formula is C66H82N10O20. The molecule has 96 heavy (non-hydrogen) atoms. The van der Waals surface area contributed by atoms with E-state index in [1.54, 1.807) is 12.2 Å². The number of aliphatic carboxylic acids is 4. The highest BCUT2D eigenvalue weighted by Gasteiger charge is 2.47. The first-order valence-electron chi connectivity index (χ1n) is 31.7. The minimum Gasteiger partial charge on any atom is -0.871 e. The van der Waals surface area contributed by atoms with Crippen LogP contribution in [-0.4, -0.2) is 175 Å². The maximum atomic E-state index is 14.2. The number of nitrogens with zero attached hydrogens (tertiary/aromatic N) is 2. The van der Waals surface area contributed by atoms with E-state index in [0.29, 0.717) is 64.5 Å². The summed E-state index contributed by atoms with van der Waals surface area (Å²) in [5, 5.41) is 99.9. The second kappa shape index (κ2) is 32.2.